The van der Waals surface area contributed by atoms with Crippen LogP contribution in [-0.4, -0.2) is 64.7 Å². The van der Waals surface area contributed by atoms with Crippen molar-refractivity contribution in [2.24, 2.45) is 10.9 Å². The lowest BCUT2D eigenvalue weighted by Crippen LogP contribution is -2.39. The third kappa shape index (κ3) is 9.13. The van der Waals surface area contributed by atoms with E-state index in [4.69, 9.17) is 14.2 Å². The minimum Gasteiger partial charge on any atom is -0.379 e. The van der Waals surface area contributed by atoms with E-state index in [9.17, 15) is 0 Å². The number of ether oxygens (including phenoxy) is 3. The minimum atomic E-state index is 0.313. The van der Waals surface area contributed by atoms with E-state index >= 15 is 0 Å². The van der Waals surface area contributed by atoms with Crippen LogP contribution in [0, 0.1) is 5.92 Å². The van der Waals surface area contributed by atoms with E-state index in [0.717, 1.165) is 77.4 Å². The van der Waals surface area contributed by atoms with Crippen molar-refractivity contribution < 1.29 is 14.2 Å². The molecule has 1 aliphatic heterocycles. The highest BCUT2D eigenvalue weighted by molar-refractivity contribution is 5.79. The second-order valence-corrected chi connectivity index (χ2v) is 6.27. The Morgan fingerprint density at radius 2 is 2.00 bits per heavy atom. The summed E-state index contributed by atoms with van der Waals surface area (Å²) in [5.41, 5.74) is 0. The molecule has 1 aliphatic carbocycles. The van der Waals surface area contributed by atoms with Crippen LogP contribution in [0.3, 0.4) is 0 Å². The van der Waals surface area contributed by atoms with E-state index in [0.29, 0.717) is 6.10 Å². The molecule has 2 aliphatic rings. The third-order valence-corrected chi connectivity index (χ3v) is 3.98. The van der Waals surface area contributed by atoms with Gasteiger partial charge in [0.15, 0.2) is 5.96 Å². The van der Waals surface area contributed by atoms with Crippen LogP contribution >= 0.6 is 0 Å². The van der Waals surface area contributed by atoms with Gasteiger partial charge in [0.2, 0.25) is 0 Å². The number of aliphatic imine (C=N–C) groups is 1. The van der Waals surface area contributed by atoms with Crippen LogP contribution in [-0.2, 0) is 14.2 Å². The van der Waals surface area contributed by atoms with Crippen LogP contribution in [0.15, 0.2) is 4.99 Å². The second-order valence-electron chi connectivity index (χ2n) is 6.27. The fourth-order valence-electron chi connectivity index (χ4n) is 2.47. The fraction of sp³-hybridized carbons (Fsp3) is 0.941. The number of nitrogens with zero attached hydrogens (tertiary/aromatic N) is 1. The summed E-state index contributed by atoms with van der Waals surface area (Å²) in [5, 5.41) is 6.56. The molecule has 1 heterocycles. The van der Waals surface area contributed by atoms with Gasteiger partial charge in [0.25, 0.3) is 0 Å². The van der Waals surface area contributed by atoms with Crippen molar-refractivity contribution in [2.45, 2.75) is 45.1 Å². The van der Waals surface area contributed by atoms with Crippen LogP contribution < -0.4 is 10.6 Å². The highest BCUT2D eigenvalue weighted by Crippen LogP contribution is 2.28. The van der Waals surface area contributed by atoms with Crippen LogP contribution in [0.4, 0.5) is 0 Å². The average Bonchev–Trinajstić information content (AvgIpc) is 3.23. The Morgan fingerprint density at radius 1 is 1.13 bits per heavy atom. The molecule has 0 spiro atoms. The van der Waals surface area contributed by atoms with Crippen molar-refractivity contribution in [3.8, 4) is 0 Å². The zero-order chi connectivity index (χ0) is 16.2. The monoisotopic (exact) mass is 327 g/mol. The summed E-state index contributed by atoms with van der Waals surface area (Å²) in [4.78, 5) is 4.56. The van der Waals surface area contributed by atoms with E-state index < -0.39 is 0 Å². The molecule has 0 bridgehead atoms. The lowest BCUT2D eigenvalue weighted by molar-refractivity contribution is 0.0171. The first-order chi connectivity index (χ1) is 11.4. The summed E-state index contributed by atoms with van der Waals surface area (Å²) < 4.78 is 16.8. The molecule has 2 rings (SSSR count). The van der Waals surface area contributed by atoms with Gasteiger partial charge in [-0.3, -0.25) is 4.99 Å². The first-order valence-electron chi connectivity index (χ1n) is 9.17. The zero-order valence-electron chi connectivity index (χ0n) is 14.5. The Hall–Kier alpha value is -0.850. The molecule has 0 aromatic rings. The van der Waals surface area contributed by atoms with Crippen molar-refractivity contribution in [1.29, 1.82) is 0 Å². The molecule has 2 fully saturated rings. The Balaban J connectivity index is 1.45. The normalized spacial score (nSPS) is 21.6. The molecule has 134 valence electrons. The topological polar surface area (TPSA) is 64.1 Å². The molecule has 0 aromatic carbocycles. The Morgan fingerprint density at radius 3 is 2.74 bits per heavy atom. The van der Waals surface area contributed by atoms with Crippen LogP contribution in [0.25, 0.3) is 0 Å². The molecule has 1 saturated heterocycles. The van der Waals surface area contributed by atoms with E-state index in [1.807, 2.05) is 0 Å². The van der Waals surface area contributed by atoms with Gasteiger partial charge in [-0.15, -0.1) is 0 Å². The van der Waals surface area contributed by atoms with E-state index in [2.05, 4.69) is 22.5 Å². The Kier molecular flexibility index (Phi) is 9.36. The van der Waals surface area contributed by atoms with Crippen LogP contribution in [0.5, 0.6) is 0 Å². The number of hydrogen-bond donors (Lipinski definition) is 2. The zero-order valence-corrected chi connectivity index (χ0v) is 14.5. The maximum atomic E-state index is 5.65. The summed E-state index contributed by atoms with van der Waals surface area (Å²) in [7, 11) is 0. The predicted octanol–water partition coefficient (Wildman–Crippen LogP) is 1.55. The standard InChI is InChI=1S/C17H33N3O3/c1-2-18-17(20-9-12-22-13-15-6-7-15)19-8-4-10-21-14-16-5-3-11-23-16/h15-16H,2-14H2,1H3,(H2,18,19,20). The molecule has 23 heavy (non-hydrogen) atoms. The van der Waals surface area contributed by atoms with E-state index in [1.165, 1.54) is 19.3 Å². The van der Waals surface area contributed by atoms with Crippen molar-refractivity contribution in [2.75, 3.05) is 52.7 Å². The smallest absolute Gasteiger partial charge is 0.191 e. The third-order valence-electron chi connectivity index (χ3n) is 3.98. The first-order valence-corrected chi connectivity index (χ1v) is 9.17. The maximum absolute atomic E-state index is 5.65. The number of guanidine groups is 1. The van der Waals surface area contributed by atoms with Crippen LogP contribution in [0.1, 0.15) is 39.0 Å². The summed E-state index contributed by atoms with van der Waals surface area (Å²) >= 11 is 0. The van der Waals surface area contributed by atoms with E-state index in [1.54, 1.807) is 0 Å². The molecule has 2 N–H and O–H groups in total. The molecule has 6 heteroatoms. The lowest BCUT2D eigenvalue weighted by atomic mass is 10.2. The van der Waals surface area contributed by atoms with Gasteiger partial charge in [0.1, 0.15) is 0 Å². The number of hydrogen-bond acceptors (Lipinski definition) is 4. The molecular formula is C17H33N3O3. The van der Waals surface area contributed by atoms with Crippen molar-refractivity contribution in [3.05, 3.63) is 0 Å². The molecule has 0 aromatic heterocycles. The van der Waals surface area contributed by atoms with Gasteiger partial charge in [-0.1, -0.05) is 0 Å². The lowest BCUT2D eigenvalue weighted by Gasteiger charge is -2.12. The van der Waals surface area contributed by atoms with Crippen molar-refractivity contribution in [3.63, 3.8) is 0 Å². The second kappa shape index (κ2) is 11.6. The van der Waals surface area contributed by atoms with Gasteiger partial charge in [-0.25, -0.2) is 0 Å². The molecule has 0 amide bonds. The molecule has 1 unspecified atom stereocenters. The Labute approximate surface area is 140 Å². The van der Waals surface area contributed by atoms with Gasteiger partial charge >= 0.3 is 0 Å². The predicted molar refractivity (Wildman–Crippen MR) is 91.9 cm³/mol. The molecule has 1 saturated carbocycles. The number of rotatable bonds is 12. The summed E-state index contributed by atoms with van der Waals surface area (Å²) in [6, 6.07) is 0. The fourth-order valence-corrected chi connectivity index (χ4v) is 2.47. The summed E-state index contributed by atoms with van der Waals surface area (Å²) in [6.45, 7) is 8.52. The highest BCUT2D eigenvalue weighted by atomic mass is 16.5. The van der Waals surface area contributed by atoms with Crippen LogP contribution in [0.2, 0.25) is 0 Å². The maximum Gasteiger partial charge on any atom is 0.191 e. The largest absolute Gasteiger partial charge is 0.379 e. The highest BCUT2D eigenvalue weighted by Gasteiger charge is 2.20. The van der Waals surface area contributed by atoms with E-state index in [-0.39, 0.29) is 0 Å². The molecule has 0 radical (unpaired) electrons. The molecule has 1 atom stereocenters. The average molecular weight is 327 g/mol. The summed E-state index contributed by atoms with van der Waals surface area (Å²) in [5.74, 6) is 1.69. The molecular weight excluding hydrogens is 294 g/mol. The molecule has 6 nitrogen and oxygen atoms in total. The summed E-state index contributed by atoms with van der Waals surface area (Å²) in [6.07, 6.45) is 6.23. The number of nitrogens with one attached hydrogen (secondary N) is 2. The first kappa shape index (κ1) is 18.5. The minimum absolute atomic E-state index is 0.313. The van der Waals surface area contributed by atoms with Gasteiger partial charge in [0.05, 0.1) is 19.3 Å². The SMILES string of the molecule is CCNC(=NCCCOCC1CCCO1)NCCOCC1CC1. The van der Waals surface area contributed by atoms with Gasteiger partial charge in [-0.2, -0.15) is 0 Å². The van der Waals surface area contributed by atoms with Gasteiger partial charge in [-0.05, 0) is 44.9 Å². The quantitative estimate of drug-likeness (QED) is 0.323. The van der Waals surface area contributed by atoms with Crippen molar-refractivity contribution >= 4 is 5.96 Å². The van der Waals surface area contributed by atoms with Crippen molar-refractivity contribution in [1.82, 2.24) is 10.6 Å². The van der Waals surface area contributed by atoms with Gasteiger partial charge < -0.3 is 24.8 Å². The van der Waals surface area contributed by atoms with Gasteiger partial charge in [0, 0.05) is 39.5 Å². The Bertz CT molecular complexity index is 329.